The molecule has 1 saturated carbocycles. The average Bonchev–Trinajstić information content (AvgIpc) is 3.63. The van der Waals surface area contributed by atoms with Crippen LogP contribution < -0.4 is 10.0 Å². The summed E-state index contributed by atoms with van der Waals surface area (Å²) in [5.41, 5.74) is 2.76. The van der Waals surface area contributed by atoms with Gasteiger partial charge in [0.2, 0.25) is 10.0 Å². The molecule has 8 nitrogen and oxygen atoms in total. The molecular weight excluding hydrogens is 519 g/mol. The molecule has 0 spiro atoms. The van der Waals surface area contributed by atoms with Crippen molar-refractivity contribution < 1.29 is 31.6 Å². The number of halogens is 1. The number of nitrogens with one attached hydrogen (secondary N) is 2. The molecule has 2 aromatic carbocycles. The molecule has 198 valence electrons. The van der Waals surface area contributed by atoms with E-state index in [9.17, 15) is 22.4 Å². The van der Waals surface area contributed by atoms with Gasteiger partial charge in [-0.1, -0.05) is 11.8 Å². The van der Waals surface area contributed by atoms with Gasteiger partial charge in [-0.3, -0.25) is 9.59 Å². The van der Waals surface area contributed by atoms with E-state index >= 15 is 0 Å². The molecule has 1 amide bonds. The molecule has 1 aliphatic carbocycles. The summed E-state index contributed by atoms with van der Waals surface area (Å²) in [6.07, 6.45) is 1.88. The summed E-state index contributed by atoms with van der Waals surface area (Å²) in [6.45, 7) is 2.15. The first-order chi connectivity index (χ1) is 17.7. The van der Waals surface area contributed by atoms with Crippen molar-refractivity contribution in [3.8, 4) is 11.3 Å². The van der Waals surface area contributed by atoms with Gasteiger partial charge in [-0.25, -0.2) is 17.5 Å². The van der Waals surface area contributed by atoms with Gasteiger partial charge >= 0.3 is 0 Å². The van der Waals surface area contributed by atoms with Gasteiger partial charge < -0.3 is 14.5 Å². The number of furan rings is 1. The summed E-state index contributed by atoms with van der Waals surface area (Å²) in [5.74, 6) is 0.0548. The fourth-order valence-corrected chi connectivity index (χ4v) is 5.77. The van der Waals surface area contributed by atoms with Gasteiger partial charge in [-0.05, 0) is 66.3 Å². The third kappa shape index (κ3) is 6.98. The number of hydrogen-bond acceptors (Lipinski definition) is 7. The van der Waals surface area contributed by atoms with Gasteiger partial charge in [0.1, 0.15) is 17.2 Å². The van der Waals surface area contributed by atoms with Crippen molar-refractivity contribution in [2.75, 3.05) is 32.6 Å². The van der Waals surface area contributed by atoms with Crippen molar-refractivity contribution in [2.24, 2.45) is 0 Å². The molecule has 0 radical (unpaired) electrons. The number of fused-ring (bicyclic) bond motifs is 1. The van der Waals surface area contributed by atoms with Crippen molar-refractivity contribution in [3.05, 3.63) is 58.9 Å². The molecule has 4 rings (SSSR count). The second-order valence-electron chi connectivity index (χ2n) is 8.82. The van der Waals surface area contributed by atoms with Crippen molar-refractivity contribution in [2.45, 2.75) is 31.4 Å². The number of thioether (sulfide) groups is 1. The minimum atomic E-state index is -3.67. The molecule has 0 atom stereocenters. The monoisotopic (exact) mass is 548 g/mol. The summed E-state index contributed by atoms with van der Waals surface area (Å²) in [4.78, 5) is 23.8. The number of carbonyl (C=O) groups is 2. The summed E-state index contributed by atoms with van der Waals surface area (Å²) in [5, 5.41) is 3.24. The highest BCUT2D eigenvalue weighted by molar-refractivity contribution is 8.13. The Balaban J connectivity index is 1.58. The molecule has 0 bridgehead atoms. The molecule has 1 heterocycles. The second kappa shape index (κ2) is 11.8. The van der Waals surface area contributed by atoms with Crippen LogP contribution in [0, 0.1) is 5.82 Å². The Morgan fingerprint density at radius 1 is 1.16 bits per heavy atom. The van der Waals surface area contributed by atoms with E-state index in [-0.39, 0.29) is 35.8 Å². The molecule has 0 unspecified atom stereocenters. The molecule has 1 aromatic heterocycles. The maximum atomic E-state index is 13.5. The molecule has 11 heteroatoms. The van der Waals surface area contributed by atoms with Crippen molar-refractivity contribution in [1.29, 1.82) is 0 Å². The van der Waals surface area contributed by atoms with Crippen LogP contribution in [0.2, 0.25) is 0 Å². The molecule has 1 aliphatic rings. The number of amides is 1. The third-order valence-electron chi connectivity index (χ3n) is 5.97. The Morgan fingerprint density at radius 2 is 1.89 bits per heavy atom. The van der Waals surface area contributed by atoms with Crippen molar-refractivity contribution in [3.63, 3.8) is 0 Å². The Labute approximate surface area is 219 Å². The Bertz CT molecular complexity index is 1400. The standard InChI is InChI=1S/C26H29FN2O6S2/c1-16(30)36-12-11-34-10-9-29-37(32,33)15-19-13-23-22(14-21(19)17-3-4-17)24(26(31)28-2)25(35-23)18-5-7-20(27)8-6-18/h5-8,13-14,17,29H,3-4,9-12,15H2,1-2H3,(H,28,31). The maximum Gasteiger partial charge on any atom is 0.255 e. The summed E-state index contributed by atoms with van der Waals surface area (Å²) in [7, 11) is -2.15. The number of ether oxygens (including phenoxy) is 1. The normalized spacial score (nSPS) is 13.7. The van der Waals surface area contributed by atoms with Crippen LogP contribution in [-0.2, 0) is 25.3 Å². The number of carbonyl (C=O) groups excluding carboxylic acids is 2. The van der Waals surface area contributed by atoms with Gasteiger partial charge in [0, 0.05) is 37.2 Å². The van der Waals surface area contributed by atoms with Gasteiger partial charge in [-0.15, -0.1) is 0 Å². The zero-order valence-corrected chi connectivity index (χ0v) is 22.3. The van der Waals surface area contributed by atoms with Crippen LogP contribution >= 0.6 is 11.8 Å². The Hall–Kier alpha value is -2.73. The van der Waals surface area contributed by atoms with E-state index in [1.54, 1.807) is 6.07 Å². The molecule has 3 aromatic rings. The minimum Gasteiger partial charge on any atom is -0.455 e. The van der Waals surface area contributed by atoms with E-state index < -0.39 is 15.8 Å². The third-order valence-corrected chi connectivity index (χ3v) is 8.09. The smallest absolute Gasteiger partial charge is 0.255 e. The van der Waals surface area contributed by atoms with Crippen LogP contribution in [0.5, 0.6) is 0 Å². The summed E-state index contributed by atoms with van der Waals surface area (Å²) < 4.78 is 53.2. The van der Waals surface area contributed by atoms with E-state index in [4.69, 9.17) is 9.15 Å². The Kier molecular flexibility index (Phi) is 8.68. The predicted octanol–water partition coefficient (Wildman–Crippen LogP) is 4.19. The van der Waals surface area contributed by atoms with E-state index in [0.717, 1.165) is 30.2 Å². The fourth-order valence-electron chi connectivity index (χ4n) is 4.13. The van der Waals surface area contributed by atoms with Crippen LogP contribution in [0.1, 0.15) is 47.2 Å². The zero-order valence-electron chi connectivity index (χ0n) is 20.6. The number of sulfonamides is 1. The molecule has 37 heavy (non-hydrogen) atoms. The average molecular weight is 549 g/mol. The van der Waals surface area contributed by atoms with Crippen LogP contribution in [0.15, 0.2) is 40.8 Å². The van der Waals surface area contributed by atoms with E-state index in [1.807, 2.05) is 6.07 Å². The lowest BCUT2D eigenvalue weighted by Crippen LogP contribution is -2.29. The van der Waals surface area contributed by atoms with Crippen molar-refractivity contribution >= 4 is 43.8 Å². The second-order valence-corrected chi connectivity index (χ2v) is 11.9. The van der Waals surface area contributed by atoms with E-state index in [1.165, 1.54) is 38.2 Å². The number of rotatable bonds is 12. The van der Waals surface area contributed by atoms with Crippen LogP contribution in [0.25, 0.3) is 22.3 Å². The molecule has 1 fully saturated rings. The lowest BCUT2D eigenvalue weighted by atomic mass is 9.98. The molecular formula is C26H29FN2O6S2. The van der Waals surface area contributed by atoms with Crippen LogP contribution in [-0.4, -0.2) is 52.0 Å². The zero-order chi connectivity index (χ0) is 26.6. The highest BCUT2D eigenvalue weighted by Gasteiger charge is 2.30. The van der Waals surface area contributed by atoms with Gasteiger partial charge in [0.25, 0.3) is 5.91 Å². The summed E-state index contributed by atoms with van der Waals surface area (Å²) in [6, 6.07) is 9.21. The quantitative estimate of drug-likeness (QED) is 0.326. The first kappa shape index (κ1) is 27.3. The van der Waals surface area contributed by atoms with Gasteiger partial charge in [-0.2, -0.15) is 0 Å². The SMILES string of the molecule is CNC(=O)c1c(-c2ccc(F)cc2)oc2cc(CS(=O)(=O)NCCOCCSC(C)=O)c(C3CC3)cc12. The molecule has 2 N–H and O–H groups in total. The predicted molar refractivity (Wildman–Crippen MR) is 142 cm³/mol. The molecule has 0 saturated heterocycles. The molecule has 0 aliphatic heterocycles. The Morgan fingerprint density at radius 3 is 2.54 bits per heavy atom. The lowest BCUT2D eigenvalue weighted by molar-refractivity contribution is -0.109. The largest absolute Gasteiger partial charge is 0.455 e. The number of benzene rings is 2. The topological polar surface area (TPSA) is 115 Å². The van der Waals surface area contributed by atoms with Crippen LogP contribution in [0.3, 0.4) is 0 Å². The van der Waals surface area contributed by atoms with E-state index in [0.29, 0.717) is 45.8 Å². The highest BCUT2D eigenvalue weighted by Crippen LogP contribution is 2.45. The fraction of sp³-hybridized carbons (Fsp3) is 0.385. The first-order valence-corrected chi connectivity index (χ1v) is 14.6. The lowest BCUT2D eigenvalue weighted by Gasteiger charge is -2.12. The summed E-state index contributed by atoms with van der Waals surface area (Å²) >= 11 is 1.16. The number of hydrogen-bond donors (Lipinski definition) is 2. The van der Waals surface area contributed by atoms with Gasteiger partial charge in [0.15, 0.2) is 5.12 Å². The van der Waals surface area contributed by atoms with E-state index in [2.05, 4.69) is 10.0 Å². The van der Waals surface area contributed by atoms with Crippen molar-refractivity contribution in [1.82, 2.24) is 10.0 Å². The highest BCUT2D eigenvalue weighted by atomic mass is 32.2. The maximum absolute atomic E-state index is 13.5. The van der Waals surface area contributed by atoms with Gasteiger partial charge in [0.05, 0.1) is 24.5 Å². The minimum absolute atomic E-state index is 0.0107. The van der Waals surface area contributed by atoms with Crippen LogP contribution in [0.4, 0.5) is 4.39 Å². The first-order valence-electron chi connectivity index (χ1n) is 11.9.